The van der Waals surface area contributed by atoms with E-state index in [4.69, 9.17) is 0 Å². The van der Waals surface area contributed by atoms with Gasteiger partial charge < -0.3 is 18.9 Å². The second kappa shape index (κ2) is 26.9. The van der Waals surface area contributed by atoms with Crippen LogP contribution in [0.5, 0.6) is 0 Å². The maximum Gasteiger partial charge on any atom is 0.107 e. The van der Waals surface area contributed by atoms with Crippen LogP contribution in [0.15, 0.2) is 291 Å². The fourth-order valence-electron chi connectivity index (χ4n) is 18.8. The molecule has 8 heteroatoms. The lowest BCUT2D eigenvalue weighted by atomic mass is 9.97. The van der Waals surface area contributed by atoms with Crippen LogP contribution in [0.4, 0.5) is 34.1 Å². The van der Waals surface area contributed by atoms with Gasteiger partial charge in [0.2, 0.25) is 0 Å². The van der Waals surface area contributed by atoms with E-state index in [0.29, 0.717) is 33.2 Å². The monoisotopic (exact) mass is 1390 g/mol. The van der Waals surface area contributed by atoms with E-state index >= 15 is 0 Å². The number of para-hydroxylation sites is 4. The van der Waals surface area contributed by atoms with Gasteiger partial charge in [-0.2, -0.15) is 0 Å². The molecule has 506 valence electrons. The lowest BCUT2D eigenvalue weighted by molar-refractivity contribution is 0.837. The zero-order valence-electron chi connectivity index (χ0n) is 60.8. The summed E-state index contributed by atoms with van der Waals surface area (Å²) >= 11 is 4.26. The molecule has 0 spiro atoms. The molecule has 0 radical (unpaired) electrons. The van der Waals surface area contributed by atoms with Crippen molar-refractivity contribution in [2.75, 3.05) is 9.80 Å². The van der Waals surface area contributed by atoms with E-state index in [0.717, 1.165) is 39.8 Å². The summed E-state index contributed by atoms with van der Waals surface area (Å²) in [6.45, 7) is 30.5. The Morgan fingerprint density at radius 3 is 0.980 bits per heavy atom. The Labute approximate surface area is 612 Å². The van der Waals surface area contributed by atoms with Crippen molar-refractivity contribution in [1.29, 1.82) is 0 Å². The van der Waals surface area contributed by atoms with Crippen molar-refractivity contribution < 1.29 is 0 Å². The molecular formula is C94H90N4S2Si2. The predicted molar refractivity (Wildman–Crippen MR) is 453 cm³/mol. The van der Waals surface area contributed by atoms with Crippen molar-refractivity contribution in [2.45, 2.75) is 116 Å². The predicted octanol–water partition coefficient (Wildman–Crippen LogP) is 28.0. The number of thiophene rings is 2. The summed E-state index contributed by atoms with van der Waals surface area (Å²) in [6.07, 6.45) is 0. The quantitative estimate of drug-likeness (QED) is 0.0750. The summed E-state index contributed by atoms with van der Waals surface area (Å²) in [5.74, 6) is 0. The van der Waals surface area contributed by atoms with E-state index in [1.54, 1.807) is 9.00 Å². The summed E-state index contributed by atoms with van der Waals surface area (Å²) in [5, 5.41) is 7.61. The molecule has 0 N–H and O–H groups in total. The van der Waals surface area contributed by atoms with Crippen LogP contribution < -0.4 is 18.8 Å². The molecule has 0 atom stereocenters. The van der Waals surface area contributed by atoms with Crippen molar-refractivity contribution in [3.05, 3.63) is 291 Å². The highest BCUT2D eigenvalue weighted by molar-refractivity contribution is 7.34. The van der Waals surface area contributed by atoms with Crippen molar-refractivity contribution in [2.24, 2.45) is 0 Å². The van der Waals surface area contributed by atoms with Gasteiger partial charge >= 0.3 is 0 Å². The Kier molecular flexibility index (Phi) is 17.6. The molecule has 0 saturated carbocycles. The molecule has 0 unspecified atom stereocenters. The molecule has 102 heavy (non-hydrogen) atoms. The van der Waals surface area contributed by atoms with Crippen LogP contribution in [0.2, 0.25) is 33.2 Å². The number of nitrogens with zero attached hydrogens (tertiary/aromatic N) is 4. The molecule has 0 bridgehead atoms. The van der Waals surface area contributed by atoms with Gasteiger partial charge in [0.1, 0.15) is 16.1 Å². The number of hydrogen-bond donors (Lipinski definition) is 0. The maximum absolute atomic E-state index is 2.76. The van der Waals surface area contributed by atoms with Gasteiger partial charge in [0, 0.05) is 82.4 Å². The van der Waals surface area contributed by atoms with E-state index in [-0.39, 0.29) is 0 Å². The lowest BCUT2D eigenvalue weighted by Crippen LogP contribution is -2.54. The van der Waals surface area contributed by atoms with Gasteiger partial charge in [0.05, 0.1) is 32.5 Å². The topological polar surface area (TPSA) is 16.3 Å². The number of benzene rings is 12. The molecule has 0 aliphatic heterocycles. The fourth-order valence-corrected chi connectivity index (χ4v) is 39.2. The molecule has 4 aromatic heterocycles. The zero-order chi connectivity index (χ0) is 70.3. The molecule has 0 aliphatic carbocycles. The highest BCUT2D eigenvalue weighted by atomic mass is 32.1. The van der Waals surface area contributed by atoms with Gasteiger partial charge in [-0.15, -0.1) is 22.7 Å². The van der Waals surface area contributed by atoms with E-state index in [1.807, 2.05) is 0 Å². The van der Waals surface area contributed by atoms with E-state index in [2.05, 4.69) is 416 Å². The van der Waals surface area contributed by atoms with Gasteiger partial charge in [-0.05, 0) is 191 Å². The summed E-state index contributed by atoms with van der Waals surface area (Å²) in [7, 11) is -4.58. The summed E-state index contributed by atoms with van der Waals surface area (Å²) in [6, 6.07) is 110. The summed E-state index contributed by atoms with van der Waals surface area (Å²) in [4.78, 5) is 5.17. The normalized spacial score (nSPS) is 12.5. The van der Waals surface area contributed by atoms with E-state index in [1.165, 1.54) is 103 Å². The van der Waals surface area contributed by atoms with Crippen LogP contribution in [-0.2, 0) is 0 Å². The van der Waals surface area contributed by atoms with Crippen molar-refractivity contribution >= 4 is 146 Å². The third-order valence-corrected chi connectivity index (χ3v) is 41.1. The molecule has 16 aromatic rings. The Hall–Kier alpha value is -9.81. The molecule has 16 rings (SSSR count). The number of anilines is 6. The number of aromatic nitrogens is 2. The number of rotatable bonds is 19. The Bertz CT molecular complexity index is 5580. The van der Waals surface area contributed by atoms with Gasteiger partial charge in [-0.1, -0.05) is 253 Å². The lowest BCUT2D eigenvalue weighted by Gasteiger charge is -2.42. The van der Waals surface area contributed by atoms with Crippen molar-refractivity contribution in [3.63, 3.8) is 0 Å². The highest BCUT2D eigenvalue weighted by Crippen LogP contribution is 2.56. The van der Waals surface area contributed by atoms with E-state index in [9.17, 15) is 0 Å². The summed E-state index contributed by atoms with van der Waals surface area (Å²) in [5.41, 5.74) is 24.4. The Balaban J connectivity index is 0.979. The molecule has 0 amide bonds. The SMILES string of the molecule is CC(C)[Si](c1cc2c(N(c3ccc(-c4ccccc4)cc3)c3ccc4c(c3)c3ccccc3n4-c3ccccc3)c3sc([Si](C(C)C)(C(C)C)C(C)C)cc3c(-c3ccc(N(c4ccc(-c5ccccc5)cc4)c4ccc5c(c4)c4ccccc4n5-c4ccccc4)cc3)c2s1)(C(C)C)C(C)C. The molecule has 12 aromatic carbocycles. The van der Waals surface area contributed by atoms with Gasteiger partial charge in [0.25, 0.3) is 0 Å². The first kappa shape index (κ1) is 66.7. The van der Waals surface area contributed by atoms with Gasteiger partial charge in [-0.3, -0.25) is 0 Å². The first-order valence-electron chi connectivity index (χ1n) is 36.8. The van der Waals surface area contributed by atoms with Crippen LogP contribution in [-0.4, -0.2) is 25.3 Å². The maximum atomic E-state index is 2.76. The first-order chi connectivity index (χ1) is 49.6. The second-order valence-electron chi connectivity index (χ2n) is 30.0. The van der Waals surface area contributed by atoms with Crippen LogP contribution in [0.25, 0.3) is 109 Å². The standard InChI is InChI=1S/C94H90N4S2Si2/c1-61(2)101(62(3)4,63(5)6)89-59-83-91(71-45-51-75(52-46-71)95(74-47-41-69(42-48-74)67-29-17-13-18-30-67)77-53-55-87-81(57-77)79-37-25-27-39-85(79)97(87)72-33-21-15-22-34-72)93-84(60-90(99-93)102(64(7)8,65(9)10)66(11)12)92(94(83)100-89)96(76-49-43-70(44-50-76)68-31-19-14-20-32-68)78-54-56-88-82(58-78)80-38-26-28-40-86(80)98(88)73-35-23-16-24-36-73/h13-66H,1-12H3. The van der Waals surface area contributed by atoms with Crippen LogP contribution >= 0.6 is 22.7 Å². The molecule has 4 heterocycles. The molecular weight excluding hydrogens is 1310 g/mol. The van der Waals surface area contributed by atoms with Gasteiger partial charge in [-0.25, -0.2) is 0 Å². The minimum absolute atomic E-state index is 0.507. The average molecular weight is 1400 g/mol. The number of fused-ring (bicyclic) bond motifs is 8. The second-order valence-corrected chi connectivity index (χ2v) is 44.6. The number of hydrogen-bond acceptors (Lipinski definition) is 4. The third kappa shape index (κ3) is 10.9. The Morgan fingerprint density at radius 2 is 0.569 bits per heavy atom. The summed E-state index contributed by atoms with van der Waals surface area (Å²) < 4.78 is 10.8. The van der Waals surface area contributed by atoms with E-state index < -0.39 is 16.1 Å². The smallest absolute Gasteiger partial charge is 0.107 e. The van der Waals surface area contributed by atoms with Crippen LogP contribution in [0.3, 0.4) is 0 Å². The molecule has 4 nitrogen and oxygen atoms in total. The zero-order valence-corrected chi connectivity index (χ0v) is 64.4. The average Bonchev–Trinajstić information content (AvgIpc) is 1.52. The Morgan fingerprint density at radius 1 is 0.255 bits per heavy atom. The third-order valence-electron chi connectivity index (χ3n) is 23.0. The highest BCUT2D eigenvalue weighted by Gasteiger charge is 2.48. The molecule has 0 aliphatic rings. The largest absolute Gasteiger partial charge is 0.310 e. The van der Waals surface area contributed by atoms with Crippen molar-refractivity contribution in [3.8, 4) is 44.8 Å². The molecule has 0 saturated heterocycles. The van der Waals surface area contributed by atoms with Crippen LogP contribution in [0, 0.1) is 0 Å². The minimum Gasteiger partial charge on any atom is -0.310 e. The minimum atomic E-state index is -2.29. The first-order valence-corrected chi connectivity index (χ1v) is 42.9. The fraction of sp³-hybridized carbons (Fsp3) is 0.191. The molecule has 0 fully saturated rings. The van der Waals surface area contributed by atoms with Crippen molar-refractivity contribution in [1.82, 2.24) is 9.13 Å². The van der Waals surface area contributed by atoms with Gasteiger partial charge in [0.15, 0.2) is 0 Å². The van der Waals surface area contributed by atoms with Crippen LogP contribution in [0.1, 0.15) is 83.1 Å².